The molecule has 16 heavy (non-hydrogen) atoms. The van der Waals surface area contributed by atoms with E-state index in [0.717, 1.165) is 0 Å². The molecule has 3 N–H and O–H groups in total. The van der Waals surface area contributed by atoms with Crippen molar-refractivity contribution in [2.75, 3.05) is 6.54 Å². The average Bonchev–Trinajstić information content (AvgIpc) is 2.19. The fourth-order valence-electron chi connectivity index (χ4n) is 2.58. The molecule has 0 heterocycles. The standard InChI is InChI=1S/C13H17NO2/c1-9-4-2-3-5-11(9)10-6-13(7-10,8-14)12(15)16/h2-5,10H,6-8,14H2,1H3,(H,15,16). The van der Waals surface area contributed by atoms with Gasteiger partial charge in [0.25, 0.3) is 0 Å². The first-order valence-electron chi connectivity index (χ1n) is 5.58. The highest BCUT2D eigenvalue weighted by Crippen LogP contribution is 2.51. The lowest BCUT2D eigenvalue weighted by atomic mass is 9.59. The van der Waals surface area contributed by atoms with Gasteiger partial charge < -0.3 is 10.8 Å². The SMILES string of the molecule is Cc1ccccc1C1CC(CN)(C(=O)O)C1. The molecular formula is C13H17NO2. The Balaban J connectivity index is 2.14. The predicted octanol–water partition coefficient (Wildman–Crippen LogP) is 1.90. The maximum atomic E-state index is 11.1. The van der Waals surface area contributed by atoms with Gasteiger partial charge in [0.05, 0.1) is 5.41 Å². The van der Waals surface area contributed by atoms with Crippen LogP contribution in [0.25, 0.3) is 0 Å². The van der Waals surface area contributed by atoms with E-state index in [0.29, 0.717) is 18.8 Å². The van der Waals surface area contributed by atoms with Crippen LogP contribution in [0.5, 0.6) is 0 Å². The number of aryl methyl sites for hydroxylation is 1. The smallest absolute Gasteiger partial charge is 0.310 e. The van der Waals surface area contributed by atoms with Crippen LogP contribution >= 0.6 is 0 Å². The molecule has 0 aromatic heterocycles. The lowest BCUT2D eigenvalue weighted by molar-refractivity contribution is -0.154. The molecule has 0 saturated heterocycles. The lowest BCUT2D eigenvalue weighted by Crippen LogP contribution is -2.48. The number of hydrogen-bond donors (Lipinski definition) is 2. The van der Waals surface area contributed by atoms with Crippen LogP contribution in [0.2, 0.25) is 0 Å². The zero-order valence-electron chi connectivity index (χ0n) is 9.44. The molecule has 0 amide bonds. The molecule has 86 valence electrons. The highest BCUT2D eigenvalue weighted by molar-refractivity contribution is 5.76. The Morgan fingerprint density at radius 1 is 1.50 bits per heavy atom. The van der Waals surface area contributed by atoms with Crippen LogP contribution in [0.3, 0.4) is 0 Å². The number of hydrogen-bond acceptors (Lipinski definition) is 2. The first-order valence-corrected chi connectivity index (χ1v) is 5.58. The molecule has 0 atom stereocenters. The van der Waals surface area contributed by atoms with Gasteiger partial charge in [-0.1, -0.05) is 24.3 Å². The van der Waals surface area contributed by atoms with Gasteiger partial charge in [0.2, 0.25) is 0 Å². The zero-order chi connectivity index (χ0) is 11.8. The van der Waals surface area contributed by atoms with Gasteiger partial charge in [0.15, 0.2) is 0 Å². The summed E-state index contributed by atoms with van der Waals surface area (Å²) >= 11 is 0. The monoisotopic (exact) mass is 219 g/mol. The fraction of sp³-hybridized carbons (Fsp3) is 0.462. The van der Waals surface area contributed by atoms with Gasteiger partial charge >= 0.3 is 5.97 Å². The molecule has 1 saturated carbocycles. The van der Waals surface area contributed by atoms with Crippen molar-refractivity contribution in [3.05, 3.63) is 35.4 Å². The highest BCUT2D eigenvalue weighted by Gasteiger charge is 2.49. The molecule has 1 aliphatic rings. The summed E-state index contributed by atoms with van der Waals surface area (Å²) in [4.78, 5) is 11.1. The van der Waals surface area contributed by atoms with Gasteiger partial charge in [-0.2, -0.15) is 0 Å². The second-order valence-corrected chi connectivity index (χ2v) is 4.75. The summed E-state index contributed by atoms with van der Waals surface area (Å²) in [6, 6.07) is 8.16. The van der Waals surface area contributed by atoms with Crippen LogP contribution in [0.1, 0.15) is 29.9 Å². The number of carboxylic acid groups (broad SMARTS) is 1. The Labute approximate surface area is 95.3 Å². The van der Waals surface area contributed by atoms with Crippen LogP contribution in [-0.4, -0.2) is 17.6 Å². The molecular weight excluding hydrogens is 202 g/mol. The Hall–Kier alpha value is -1.35. The Morgan fingerprint density at radius 3 is 2.62 bits per heavy atom. The minimum atomic E-state index is -0.750. The van der Waals surface area contributed by atoms with E-state index < -0.39 is 11.4 Å². The molecule has 3 heteroatoms. The van der Waals surface area contributed by atoms with E-state index in [2.05, 4.69) is 19.1 Å². The van der Waals surface area contributed by atoms with Crippen LogP contribution < -0.4 is 5.73 Å². The second-order valence-electron chi connectivity index (χ2n) is 4.75. The van der Waals surface area contributed by atoms with Crippen molar-refractivity contribution >= 4 is 5.97 Å². The Morgan fingerprint density at radius 2 is 2.12 bits per heavy atom. The van der Waals surface area contributed by atoms with E-state index in [-0.39, 0.29) is 6.54 Å². The third-order valence-electron chi connectivity index (χ3n) is 3.75. The maximum absolute atomic E-state index is 11.1. The Bertz CT molecular complexity index is 408. The van der Waals surface area contributed by atoms with E-state index in [1.54, 1.807) is 0 Å². The van der Waals surface area contributed by atoms with E-state index in [1.807, 2.05) is 12.1 Å². The predicted molar refractivity (Wildman–Crippen MR) is 62.3 cm³/mol. The van der Waals surface area contributed by atoms with Crippen molar-refractivity contribution < 1.29 is 9.90 Å². The molecule has 0 aliphatic heterocycles. The number of nitrogens with two attached hydrogens (primary N) is 1. The summed E-state index contributed by atoms with van der Waals surface area (Å²) in [5.74, 6) is -0.388. The molecule has 0 unspecified atom stereocenters. The molecule has 3 nitrogen and oxygen atoms in total. The summed E-state index contributed by atoms with van der Waals surface area (Å²) in [6.45, 7) is 2.31. The van der Waals surface area contributed by atoms with Gasteiger partial charge in [-0.05, 0) is 36.8 Å². The topological polar surface area (TPSA) is 63.3 Å². The van der Waals surface area contributed by atoms with Crippen LogP contribution in [0, 0.1) is 12.3 Å². The van der Waals surface area contributed by atoms with Crippen molar-refractivity contribution in [2.45, 2.75) is 25.7 Å². The zero-order valence-corrected chi connectivity index (χ0v) is 9.44. The molecule has 0 radical (unpaired) electrons. The average molecular weight is 219 g/mol. The first-order chi connectivity index (χ1) is 7.59. The minimum Gasteiger partial charge on any atom is -0.481 e. The normalized spacial score (nSPS) is 28.5. The largest absolute Gasteiger partial charge is 0.481 e. The maximum Gasteiger partial charge on any atom is 0.310 e. The highest BCUT2D eigenvalue weighted by atomic mass is 16.4. The van der Waals surface area contributed by atoms with Gasteiger partial charge in [0, 0.05) is 6.54 Å². The molecule has 1 aromatic rings. The first kappa shape index (κ1) is 11.1. The van der Waals surface area contributed by atoms with Crippen molar-refractivity contribution in [1.29, 1.82) is 0 Å². The molecule has 1 aliphatic carbocycles. The summed E-state index contributed by atoms with van der Waals surface area (Å²) < 4.78 is 0. The van der Waals surface area contributed by atoms with E-state index in [1.165, 1.54) is 11.1 Å². The number of aliphatic carboxylic acids is 1. The van der Waals surface area contributed by atoms with Gasteiger partial charge in [-0.3, -0.25) is 4.79 Å². The third kappa shape index (κ3) is 1.61. The number of carbonyl (C=O) groups is 1. The molecule has 0 spiro atoms. The third-order valence-corrected chi connectivity index (χ3v) is 3.75. The number of carboxylic acids is 1. The molecule has 0 bridgehead atoms. The molecule has 1 aromatic carbocycles. The molecule has 2 rings (SSSR count). The van der Waals surface area contributed by atoms with E-state index in [9.17, 15) is 4.79 Å². The van der Waals surface area contributed by atoms with Crippen molar-refractivity contribution in [3.8, 4) is 0 Å². The van der Waals surface area contributed by atoms with Crippen molar-refractivity contribution in [1.82, 2.24) is 0 Å². The number of rotatable bonds is 3. The van der Waals surface area contributed by atoms with E-state index in [4.69, 9.17) is 10.8 Å². The van der Waals surface area contributed by atoms with Crippen LogP contribution in [0.4, 0.5) is 0 Å². The number of benzene rings is 1. The second kappa shape index (κ2) is 3.91. The summed E-state index contributed by atoms with van der Waals surface area (Å²) in [6.07, 6.45) is 1.34. The van der Waals surface area contributed by atoms with Gasteiger partial charge in [0.1, 0.15) is 0 Å². The fourth-order valence-corrected chi connectivity index (χ4v) is 2.58. The van der Waals surface area contributed by atoms with Crippen molar-refractivity contribution in [2.24, 2.45) is 11.1 Å². The lowest BCUT2D eigenvalue weighted by Gasteiger charge is -2.44. The van der Waals surface area contributed by atoms with E-state index >= 15 is 0 Å². The summed E-state index contributed by atoms with van der Waals surface area (Å²) in [5, 5.41) is 9.14. The summed E-state index contributed by atoms with van der Waals surface area (Å²) in [5.41, 5.74) is 7.40. The Kier molecular flexibility index (Phi) is 2.72. The molecule has 1 fully saturated rings. The van der Waals surface area contributed by atoms with Gasteiger partial charge in [-0.15, -0.1) is 0 Å². The van der Waals surface area contributed by atoms with Crippen LogP contribution in [-0.2, 0) is 4.79 Å². The van der Waals surface area contributed by atoms with Gasteiger partial charge in [-0.25, -0.2) is 0 Å². The minimum absolute atomic E-state index is 0.241. The quantitative estimate of drug-likeness (QED) is 0.816. The summed E-state index contributed by atoms with van der Waals surface area (Å²) in [7, 11) is 0. The van der Waals surface area contributed by atoms with Crippen molar-refractivity contribution in [3.63, 3.8) is 0 Å². The van der Waals surface area contributed by atoms with Crippen LogP contribution in [0.15, 0.2) is 24.3 Å².